The van der Waals surface area contributed by atoms with Gasteiger partial charge in [0.25, 0.3) is 0 Å². The van der Waals surface area contributed by atoms with Crippen LogP contribution >= 0.6 is 0 Å². The summed E-state index contributed by atoms with van der Waals surface area (Å²) >= 11 is 0. The smallest absolute Gasteiger partial charge is 0.123 e. The molecule has 2 aliphatic heterocycles. The molecule has 2 saturated heterocycles. The van der Waals surface area contributed by atoms with Crippen molar-refractivity contribution >= 4 is 10.8 Å². The van der Waals surface area contributed by atoms with Crippen LogP contribution in [0.1, 0.15) is 88.2 Å². The van der Waals surface area contributed by atoms with Crippen molar-refractivity contribution in [2.75, 3.05) is 26.4 Å². The zero-order valence-corrected chi connectivity index (χ0v) is 23.9. The quantitative estimate of drug-likeness (QED) is 0.329. The molecule has 0 N–H and O–H groups in total. The number of ether oxygens (including phenoxy) is 4. The fourth-order valence-corrected chi connectivity index (χ4v) is 12.2. The lowest BCUT2D eigenvalue weighted by atomic mass is 9.46. The molecule has 4 nitrogen and oxygen atoms in total. The molecule has 0 spiro atoms. The first-order valence-corrected chi connectivity index (χ1v) is 16.7. The van der Waals surface area contributed by atoms with E-state index in [1.165, 1.54) is 87.8 Å². The van der Waals surface area contributed by atoms with Gasteiger partial charge in [0.2, 0.25) is 0 Å². The first kappa shape index (κ1) is 23.7. The van der Waals surface area contributed by atoms with Crippen molar-refractivity contribution in [2.24, 2.45) is 35.5 Å². The topological polar surface area (TPSA) is 43.5 Å². The predicted molar refractivity (Wildman–Crippen MR) is 154 cm³/mol. The van der Waals surface area contributed by atoms with Gasteiger partial charge in [0.05, 0.1) is 13.2 Å². The highest BCUT2D eigenvalue weighted by atomic mass is 16.6. The fraction of sp³-hybridized carbons (Fsp3) is 0.722. The Bertz CT molecular complexity index is 1180. The Balaban J connectivity index is 1.17. The highest BCUT2D eigenvalue weighted by Gasteiger charge is 2.55. The van der Waals surface area contributed by atoms with E-state index in [9.17, 15) is 0 Å². The minimum atomic E-state index is 0.275. The van der Waals surface area contributed by atoms with E-state index >= 15 is 0 Å². The highest BCUT2D eigenvalue weighted by Crippen LogP contribution is 2.65. The molecule has 4 heteroatoms. The lowest BCUT2D eigenvalue weighted by molar-refractivity contribution is -0.00650. The Morgan fingerprint density at radius 1 is 0.525 bits per heavy atom. The molecule has 8 saturated carbocycles. The molecule has 8 aliphatic carbocycles. The van der Waals surface area contributed by atoms with Crippen LogP contribution in [0, 0.1) is 35.5 Å². The van der Waals surface area contributed by atoms with Crippen LogP contribution in [-0.4, -0.2) is 38.6 Å². The van der Waals surface area contributed by atoms with Crippen molar-refractivity contribution in [3.05, 3.63) is 35.4 Å². The second kappa shape index (κ2) is 8.40. The minimum Gasteiger partial charge on any atom is -0.490 e. The Labute approximate surface area is 238 Å². The van der Waals surface area contributed by atoms with Crippen molar-refractivity contribution < 1.29 is 18.9 Å². The zero-order chi connectivity index (χ0) is 26.1. The van der Waals surface area contributed by atoms with E-state index in [1.807, 2.05) is 0 Å². The van der Waals surface area contributed by atoms with E-state index in [4.69, 9.17) is 18.9 Å². The van der Waals surface area contributed by atoms with Crippen molar-refractivity contribution in [1.29, 1.82) is 0 Å². The van der Waals surface area contributed by atoms with Gasteiger partial charge in [0, 0.05) is 22.0 Å². The molecule has 8 bridgehead atoms. The summed E-state index contributed by atoms with van der Waals surface area (Å²) in [6.45, 7) is 3.08. The summed E-state index contributed by atoms with van der Waals surface area (Å²) in [6.07, 6.45) is 17.5. The van der Waals surface area contributed by atoms with Crippen molar-refractivity contribution in [3.8, 4) is 11.5 Å². The van der Waals surface area contributed by atoms with E-state index in [2.05, 4.69) is 24.3 Å². The number of benzene rings is 2. The maximum atomic E-state index is 6.69. The lowest BCUT2D eigenvalue weighted by Gasteiger charge is -2.58. The third kappa shape index (κ3) is 3.70. The number of rotatable bonds is 8. The van der Waals surface area contributed by atoms with Gasteiger partial charge in [-0.05, 0) is 135 Å². The van der Waals surface area contributed by atoms with Gasteiger partial charge in [0.1, 0.15) is 36.9 Å². The van der Waals surface area contributed by atoms with Gasteiger partial charge in [-0.1, -0.05) is 12.1 Å². The van der Waals surface area contributed by atoms with Crippen molar-refractivity contribution in [3.63, 3.8) is 0 Å². The van der Waals surface area contributed by atoms with Gasteiger partial charge < -0.3 is 18.9 Å². The molecule has 10 aliphatic rings. The Morgan fingerprint density at radius 3 is 1.15 bits per heavy atom. The number of hydrogen-bond acceptors (Lipinski definition) is 4. The number of fused-ring (bicyclic) bond motifs is 1. The van der Waals surface area contributed by atoms with Crippen LogP contribution in [0.2, 0.25) is 0 Å². The molecule has 2 aromatic carbocycles. The number of epoxide rings is 2. The maximum absolute atomic E-state index is 6.69. The summed E-state index contributed by atoms with van der Waals surface area (Å²) < 4.78 is 24.5. The molecule has 212 valence electrons. The Morgan fingerprint density at radius 2 is 0.850 bits per heavy atom. The van der Waals surface area contributed by atoms with E-state index in [0.717, 1.165) is 60.2 Å². The van der Waals surface area contributed by atoms with Gasteiger partial charge in [-0.2, -0.15) is 0 Å². The minimum absolute atomic E-state index is 0.275. The number of hydrogen-bond donors (Lipinski definition) is 0. The van der Waals surface area contributed by atoms with Crippen LogP contribution in [-0.2, 0) is 20.3 Å². The second-order valence-electron chi connectivity index (χ2n) is 15.9. The summed E-state index contributed by atoms with van der Waals surface area (Å²) in [5.41, 5.74) is 3.68. The van der Waals surface area contributed by atoms with Gasteiger partial charge in [-0.3, -0.25) is 0 Å². The van der Waals surface area contributed by atoms with Gasteiger partial charge in [-0.25, -0.2) is 0 Å². The van der Waals surface area contributed by atoms with E-state index in [0.29, 0.717) is 13.2 Å². The zero-order valence-electron chi connectivity index (χ0n) is 23.9. The van der Waals surface area contributed by atoms with Gasteiger partial charge in [0.15, 0.2) is 0 Å². The van der Waals surface area contributed by atoms with E-state index in [-0.39, 0.29) is 23.0 Å². The van der Waals surface area contributed by atoms with Crippen LogP contribution < -0.4 is 9.47 Å². The van der Waals surface area contributed by atoms with E-state index in [1.54, 1.807) is 11.1 Å². The van der Waals surface area contributed by atoms with Crippen LogP contribution in [0.5, 0.6) is 11.5 Å². The molecule has 2 atom stereocenters. The third-order valence-corrected chi connectivity index (χ3v) is 12.9. The fourth-order valence-electron chi connectivity index (χ4n) is 12.2. The Kier molecular flexibility index (Phi) is 4.99. The molecule has 40 heavy (non-hydrogen) atoms. The lowest BCUT2D eigenvalue weighted by Crippen LogP contribution is -2.49. The largest absolute Gasteiger partial charge is 0.490 e. The van der Waals surface area contributed by atoms with Crippen molar-refractivity contribution in [1.82, 2.24) is 0 Å². The molecular formula is C36H44O4. The molecule has 0 radical (unpaired) electrons. The Hall–Kier alpha value is -1.78. The standard InChI is InChI=1S/C36H44O4/c1-3-31(39-19-27-17-37-27)34(36-14-24-8-25(15-36)10-26(9-24)16-36)30-2-4-32(40-20-28-18-38-28)33(29(1)30)35-11-21-5-22(12-35)7-23(6-21)13-35/h1-4,21-28H,5-20H2. The molecule has 10 fully saturated rings. The SMILES string of the molecule is c1cc2c(C34CC5CC(CC(C5)C3)C4)c(OCC3CO3)ccc2c(C23CC4CC(CC(C4)C2)C3)c1OCC1CO1. The summed E-state index contributed by atoms with van der Waals surface area (Å²) in [5, 5.41) is 2.97. The van der Waals surface area contributed by atoms with Crippen LogP contribution in [0.25, 0.3) is 10.8 Å². The molecule has 0 amide bonds. The summed E-state index contributed by atoms with van der Waals surface area (Å²) in [4.78, 5) is 0. The van der Waals surface area contributed by atoms with Crippen LogP contribution in [0.4, 0.5) is 0 Å². The molecule has 2 aromatic rings. The molecular weight excluding hydrogens is 496 g/mol. The predicted octanol–water partition coefficient (Wildman–Crippen LogP) is 7.33. The molecule has 2 unspecified atom stereocenters. The van der Waals surface area contributed by atoms with Gasteiger partial charge >= 0.3 is 0 Å². The van der Waals surface area contributed by atoms with Crippen LogP contribution in [0.15, 0.2) is 24.3 Å². The highest BCUT2D eigenvalue weighted by molar-refractivity contribution is 5.94. The first-order chi connectivity index (χ1) is 19.6. The van der Waals surface area contributed by atoms with Crippen LogP contribution in [0.3, 0.4) is 0 Å². The van der Waals surface area contributed by atoms with Crippen molar-refractivity contribution in [2.45, 2.75) is 100 Å². The second-order valence-corrected chi connectivity index (χ2v) is 15.9. The normalized spacial score (nSPS) is 45.3. The summed E-state index contributed by atoms with van der Waals surface area (Å²) in [7, 11) is 0. The maximum Gasteiger partial charge on any atom is 0.123 e. The average Bonchev–Trinajstić information content (AvgIpc) is 3.84. The first-order valence-electron chi connectivity index (χ1n) is 16.7. The third-order valence-electron chi connectivity index (χ3n) is 12.9. The average molecular weight is 541 g/mol. The summed E-state index contributed by atoms with van der Waals surface area (Å²) in [5.74, 6) is 7.75. The monoisotopic (exact) mass is 540 g/mol. The molecule has 12 rings (SSSR count). The summed E-state index contributed by atoms with van der Waals surface area (Å²) in [6, 6.07) is 9.63. The molecule has 2 heterocycles. The van der Waals surface area contributed by atoms with Gasteiger partial charge in [-0.15, -0.1) is 0 Å². The molecule has 0 aromatic heterocycles. The van der Waals surface area contributed by atoms with E-state index < -0.39 is 0 Å².